The maximum atomic E-state index is 9.64. The second kappa shape index (κ2) is 3.88. The number of phenolic OH excluding ortho intramolecular Hbond substituents is 1. The molecule has 0 heterocycles. The summed E-state index contributed by atoms with van der Waals surface area (Å²) < 4.78 is 5.01. The molecule has 2 rings (SSSR count). The van der Waals surface area contributed by atoms with Gasteiger partial charge in [0.05, 0.1) is 7.11 Å². The molecule has 1 aromatic carbocycles. The van der Waals surface area contributed by atoms with Gasteiger partial charge < -0.3 is 15.2 Å². The summed E-state index contributed by atoms with van der Waals surface area (Å²) in [7, 11) is 1.59. The molecule has 0 bridgehead atoms. The Morgan fingerprint density at radius 2 is 2.29 bits per heavy atom. The summed E-state index contributed by atoms with van der Waals surface area (Å²) in [5, 5.41) is 13.0. The lowest BCUT2D eigenvalue weighted by atomic mass is 10.2. The van der Waals surface area contributed by atoms with Gasteiger partial charge in [-0.05, 0) is 18.9 Å². The van der Waals surface area contributed by atoms with Gasteiger partial charge in [-0.1, -0.05) is 6.07 Å². The Balaban J connectivity index is 2.01. The van der Waals surface area contributed by atoms with Crippen LogP contribution in [0.25, 0.3) is 0 Å². The highest BCUT2D eigenvalue weighted by molar-refractivity contribution is 5.39. The number of phenols is 1. The van der Waals surface area contributed by atoms with Crippen molar-refractivity contribution in [2.75, 3.05) is 7.11 Å². The van der Waals surface area contributed by atoms with E-state index in [1.165, 1.54) is 12.8 Å². The molecule has 1 fully saturated rings. The van der Waals surface area contributed by atoms with Crippen LogP contribution < -0.4 is 10.1 Å². The van der Waals surface area contributed by atoms with Crippen LogP contribution in [0.5, 0.6) is 11.5 Å². The van der Waals surface area contributed by atoms with Gasteiger partial charge in [0, 0.05) is 24.2 Å². The molecule has 1 aliphatic rings. The first-order chi connectivity index (χ1) is 6.79. The minimum atomic E-state index is 0.303. The number of rotatable bonds is 4. The Morgan fingerprint density at radius 1 is 1.50 bits per heavy atom. The molecule has 0 unspecified atom stereocenters. The molecule has 1 saturated carbocycles. The molecule has 14 heavy (non-hydrogen) atoms. The van der Waals surface area contributed by atoms with E-state index < -0.39 is 0 Å². The van der Waals surface area contributed by atoms with E-state index in [-0.39, 0.29) is 0 Å². The second-order valence-electron chi connectivity index (χ2n) is 3.65. The first-order valence-corrected chi connectivity index (χ1v) is 4.89. The molecule has 2 N–H and O–H groups in total. The van der Waals surface area contributed by atoms with Crippen LogP contribution in [-0.4, -0.2) is 18.3 Å². The van der Waals surface area contributed by atoms with E-state index in [4.69, 9.17) is 4.74 Å². The van der Waals surface area contributed by atoms with Crippen LogP contribution in [-0.2, 0) is 6.54 Å². The molecule has 3 heteroatoms. The fourth-order valence-corrected chi connectivity index (χ4v) is 1.36. The number of aromatic hydroxyl groups is 1. The van der Waals surface area contributed by atoms with Crippen molar-refractivity contribution < 1.29 is 9.84 Å². The van der Waals surface area contributed by atoms with Crippen molar-refractivity contribution in [2.45, 2.75) is 25.4 Å². The van der Waals surface area contributed by atoms with Crippen LogP contribution in [0.4, 0.5) is 0 Å². The molecule has 0 amide bonds. The maximum absolute atomic E-state index is 9.64. The highest BCUT2D eigenvalue weighted by Gasteiger charge is 2.20. The van der Waals surface area contributed by atoms with Crippen LogP contribution >= 0.6 is 0 Å². The highest BCUT2D eigenvalue weighted by Crippen LogP contribution is 2.25. The van der Waals surface area contributed by atoms with Crippen molar-refractivity contribution in [1.82, 2.24) is 5.32 Å². The maximum Gasteiger partial charge on any atom is 0.123 e. The number of hydrogen-bond acceptors (Lipinski definition) is 3. The fraction of sp³-hybridized carbons (Fsp3) is 0.455. The van der Waals surface area contributed by atoms with Gasteiger partial charge in [-0.15, -0.1) is 0 Å². The lowest BCUT2D eigenvalue weighted by Crippen LogP contribution is -2.15. The van der Waals surface area contributed by atoms with Gasteiger partial charge in [-0.3, -0.25) is 0 Å². The van der Waals surface area contributed by atoms with Crippen molar-refractivity contribution in [3.05, 3.63) is 23.8 Å². The van der Waals surface area contributed by atoms with Crippen LogP contribution in [0.1, 0.15) is 18.4 Å². The summed E-state index contributed by atoms with van der Waals surface area (Å²) in [4.78, 5) is 0. The summed E-state index contributed by atoms with van der Waals surface area (Å²) in [5.41, 5.74) is 0.928. The van der Waals surface area contributed by atoms with Crippen LogP contribution in [0, 0.1) is 0 Å². The van der Waals surface area contributed by atoms with Gasteiger partial charge in [-0.25, -0.2) is 0 Å². The summed E-state index contributed by atoms with van der Waals surface area (Å²) in [6, 6.07) is 6.06. The fourth-order valence-electron chi connectivity index (χ4n) is 1.36. The summed E-state index contributed by atoms with van der Waals surface area (Å²) in [6.45, 7) is 0.737. The zero-order chi connectivity index (χ0) is 9.97. The van der Waals surface area contributed by atoms with E-state index in [9.17, 15) is 5.11 Å². The van der Waals surface area contributed by atoms with Crippen molar-refractivity contribution in [3.8, 4) is 11.5 Å². The van der Waals surface area contributed by atoms with Crippen LogP contribution in [0.15, 0.2) is 18.2 Å². The Labute approximate surface area is 83.7 Å². The van der Waals surface area contributed by atoms with E-state index in [1.807, 2.05) is 12.1 Å². The Kier molecular flexibility index (Phi) is 2.59. The van der Waals surface area contributed by atoms with E-state index in [0.29, 0.717) is 17.5 Å². The Morgan fingerprint density at radius 3 is 2.86 bits per heavy atom. The van der Waals surface area contributed by atoms with Gasteiger partial charge in [0.25, 0.3) is 0 Å². The van der Waals surface area contributed by atoms with Gasteiger partial charge in [0.15, 0.2) is 0 Å². The van der Waals surface area contributed by atoms with Crippen molar-refractivity contribution in [3.63, 3.8) is 0 Å². The number of nitrogens with one attached hydrogen (secondary N) is 1. The molecular formula is C11H15NO2. The molecule has 0 aliphatic heterocycles. The van der Waals surface area contributed by atoms with Gasteiger partial charge >= 0.3 is 0 Å². The van der Waals surface area contributed by atoms with Gasteiger partial charge in [0.1, 0.15) is 11.5 Å². The average Bonchev–Trinajstić information content (AvgIpc) is 2.99. The third-order valence-electron chi connectivity index (χ3n) is 2.45. The molecule has 0 spiro atoms. The molecular weight excluding hydrogens is 178 g/mol. The molecule has 0 saturated heterocycles. The lowest BCUT2D eigenvalue weighted by molar-refractivity contribution is 0.406. The quantitative estimate of drug-likeness (QED) is 0.764. The SMILES string of the molecule is COc1ccc(CNC2CC2)c(O)c1. The molecule has 1 aromatic rings. The van der Waals surface area contributed by atoms with Crippen LogP contribution in [0.3, 0.4) is 0 Å². The first kappa shape index (κ1) is 9.34. The predicted molar refractivity (Wildman–Crippen MR) is 54.5 cm³/mol. The first-order valence-electron chi connectivity index (χ1n) is 4.89. The summed E-state index contributed by atoms with van der Waals surface area (Å²) in [6.07, 6.45) is 2.52. The predicted octanol–water partition coefficient (Wildman–Crippen LogP) is 1.65. The van der Waals surface area contributed by atoms with Crippen molar-refractivity contribution in [2.24, 2.45) is 0 Å². The number of benzene rings is 1. The molecule has 1 aliphatic carbocycles. The minimum absolute atomic E-state index is 0.303. The molecule has 0 atom stereocenters. The monoisotopic (exact) mass is 193 g/mol. The molecule has 76 valence electrons. The second-order valence-corrected chi connectivity index (χ2v) is 3.65. The summed E-state index contributed by atoms with van der Waals surface area (Å²) >= 11 is 0. The van der Waals surface area contributed by atoms with Crippen molar-refractivity contribution >= 4 is 0 Å². The highest BCUT2D eigenvalue weighted by atomic mass is 16.5. The van der Waals surface area contributed by atoms with E-state index in [1.54, 1.807) is 13.2 Å². The van der Waals surface area contributed by atoms with E-state index >= 15 is 0 Å². The summed E-state index contributed by atoms with van der Waals surface area (Å²) in [5.74, 6) is 0.996. The zero-order valence-corrected chi connectivity index (χ0v) is 8.29. The zero-order valence-electron chi connectivity index (χ0n) is 8.29. The third kappa shape index (κ3) is 2.17. The Hall–Kier alpha value is -1.22. The molecule has 0 radical (unpaired) electrons. The Bertz CT molecular complexity index is 321. The van der Waals surface area contributed by atoms with E-state index in [0.717, 1.165) is 12.1 Å². The molecule has 3 nitrogen and oxygen atoms in total. The lowest BCUT2D eigenvalue weighted by Gasteiger charge is -2.07. The number of methoxy groups -OCH3 is 1. The standard InChI is InChI=1S/C11H15NO2/c1-14-10-5-2-8(11(13)6-10)7-12-9-3-4-9/h2,5-6,9,12-13H,3-4,7H2,1H3. The number of hydrogen-bond donors (Lipinski definition) is 2. The van der Waals surface area contributed by atoms with Gasteiger partial charge in [0.2, 0.25) is 0 Å². The average molecular weight is 193 g/mol. The molecule has 0 aromatic heterocycles. The smallest absolute Gasteiger partial charge is 0.123 e. The minimum Gasteiger partial charge on any atom is -0.507 e. The largest absolute Gasteiger partial charge is 0.507 e. The van der Waals surface area contributed by atoms with Crippen LogP contribution in [0.2, 0.25) is 0 Å². The topological polar surface area (TPSA) is 41.5 Å². The normalized spacial score (nSPS) is 15.5. The van der Waals surface area contributed by atoms with Gasteiger partial charge in [-0.2, -0.15) is 0 Å². The number of ether oxygens (including phenoxy) is 1. The van der Waals surface area contributed by atoms with E-state index in [2.05, 4.69) is 5.32 Å². The third-order valence-corrected chi connectivity index (χ3v) is 2.45. The van der Waals surface area contributed by atoms with Crippen molar-refractivity contribution in [1.29, 1.82) is 0 Å².